The predicted octanol–water partition coefficient (Wildman–Crippen LogP) is 2.93. The summed E-state index contributed by atoms with van der Waals surface area (Å²) in [4.78, 5) is 10.7. The van der Waals surface area contributed by atoms with Gasteiger partial charge in [0.2, 0.25) is 0 Å². The van der Waals surface area contributed by atoms with Crippen LogP contribution in [0, 0.1) is 0 Å². The molecule has 0 spiro atoms. The van der Waals surface area contributed by atoms with Crippen molar-refractivity contribution >= 4 is 6.29 Å². The number of phenolic OH excluding ortho intramolecular Hbond substituents is 1. The summed E-state index contributed by atoms with van der Waals surface area (Å²) in [5, 5.41) is 9.48. The van der Waals surface area contributed by atoms with Crippen molar-refractivity contribution in [2.75, 3.05) is 0 Å². The first-order valence-corrected chi connectivity index (χ1v) is 4.72. The summed E-state index contributed by atoms with van der Waals surface area (Å²) in [7, 11) is 0. The third kappa shape index (κ3) is 2.68. The molecule has 3 nitrogen and oxygen atoms in total. The van der Waals surface area contributed by atoms with Gasteiger partial charge in [0.1, 0.15) is 11.5 Å². The van der Waals surface area contributed by atoms with Gasteiger partial charge in [0.15, 0.2) is 6.29 Å². The van der Waals surface area contributed by atoms with E-state index in [4.69, 9.17) is 0 Å². The number of benzene rings is 1. The largest absolute Gasteiger partial charge is 0.507 e. The van der Waals surface area contributed by atoms with Crippen LogP contribution in [0.4, 0.5) is 8.78 Å². The Balaban J connectivity index is 3.22. The molecule has 0 saturated heterocycles. The van der Waals surface area contributed by atoms with Crippen LogP contribution in [0.3, 0.4) is 0 Å². The van der Waals surface area contributed by atoms with Gasteiger partial charge >= 0.3 is 6.61 Å². The number of hydrogen-bond donors (Lipinski definition) is 1. The molecule has 5 heteroatoms. The highest BCUT2D eigenvalue weighted by Gasteiger charge is 2.15. The minimum atomic E-state index is -2.96. The standard InChI is InChI=1S/C11H12F2O3/c1-6(2)8-3-7(16-11(12)13)4-10(15)9(8)5-14/h3-6,11,15H,1-2H3. The van der Waals surface area contributed by atoms with Crippen molar-refractivity contribution in [3.05, 3.63) is 23.3 Å². The van der Waals surface area contributed by atoms with Gasteiger partial charge in [-0.25, -0.2) is 0 Å². The van der Waals surface area contributed by atoms with Gasteiger partial charge in [0.05, 0.1) is 5.56 Å². The van der Waals surface area contributed by atoms with Gasteiger partial charge in [-0.15, -0.1) is 0 Å². The minimum Gasteiger partial charge on any atom is -0.507 e. The van der Waals surface area contributed by atoms with E-state index in [1.165, 1.54) is 6.07 Å². The van der Waals surface area contributed by atoms with Gasteiger partial charge in [0, 0.05) is 6.07 Å². The lowest BCUT2D eigenvalue weighted by Gasteiger charge is -2.13. The normalized spacial score (nSPS) is 10.9. The van der Waals surface area contributed by atoms with E-state index < -0.39 is 6.61 Å². The zero-order chi connectivity index (χ0) is 12.3. The number of rotatable bonds is 4. The van der Waals surface area contributed by atoms with E-state index in [0.717, 1.165) is 6.07 Å². The molecule has 1 aromatic rings. The Morgan fingerprint density at radius 2 is 2.00 bits per heavy atom. The highest BCUT2D eigenvalue weighted by molar-refractivity contribution is 5.82. The summed E-state index contributed by atoms with van der Waals surface area (Å²) in [6.07, 6.45) is 0.497. The van der Waals surface area contributed by atoms with Crippen molar-refractivity contribution in [3.8, 4) is 11.5 Å². The number of phenols is 1. The lowest BCUT2D eigenvalue weighted by Crippen LogP contribution is -2.04. The van der Waals surface area contributed by atoms with Gasteiger partial charge in [0.25, 0.3) is 0 Å². The van der Waals surface area contributed by atoms with E-state index in [-0.39, 0.29) is 23.0 Å². The van der Waals surface area contributed by atoms with Crippen LogP contribution >= 0.6 is 0 Å². The van der Waals surface area contributed by atoms with Crippen molar-refractivity contribution < 1.29 is 23.4 Å². The predicted molar refractivity (Wildman–Crippen MR) is 54.2 cm³/mol. The third-order valence-electron chi connectivity index (χ3n) is 2.13. The molecule has 0 aromatic heterocycles. The molecule has 88 valence electrons. The fourth-order valence-electron chi connectivity index (χ4n) is 1.41. The van der Waals surface area contributed by atoms with E-state index in [2.05, 4.69) is 4.74 Å². The first-order chi connectivity index (χ1) is 7.45. The second kappa shape index (κ2) is 4.92. The molecule has 0 atom stereocenters. The average Bonchev–Trinajstić information content (AvgIpc) is 2.15. The fraction of sp³-hybridized carbons (Fsp3) is 0.364. The van der Waals surface area contributed by atoms with Crippen molar-refractivity contribution in [1.82, 2.24) is 0 Å². The monoisotopic (exact) mass is 230 g/mol. The topological polar surface area (TPSA) is 46.5 Å². The number of carbonyl (C=O) groups excluding carboxylic acids is 1. The molecule has 0 amide bonds. The zero-order valence-electron chi connectivity index (χ0n) is 8.91. The number of carbonyl (C=O) groups is 1. The van der Waals surface area contributed by atoms with Crippen LogP contribution in [0.1, 0.15) is 35.7 Å². The molecule has 0 aliphatic heterocycles. The van der Waals surface area contributed by atoms with Gasteiger partial charge in [-0.2, -0.15) is 8.78 Å². The molecule has 0 aliphatic carbocycles. The number of ether oxygens (including phenoxy) is 1. The fourth-order valence-corrected chi connectivity index (χ4v) is 1.41. The molecular weight excluding hydrogens is 218 g/mol. The maximum absolute atomic E-state index is 12.0. The van der Waals surface area contributed by atoms with Crippen molar-refractivity contribution in [1.29, 1.82) is 0 Å². The number of halogens is 2. The van der Waals surface area contributed by atoms with Crippen LogP contribution in [-0.2, 0) is 0 Å². The van der Waals surface area contributed by atoms with Gasteiger partial charge in [-0.1, -0.05) is 13.8 Å². The molecular formula is C11H12F2O3. The van der Waals surface area contributed by atoms with Crippen LogP contribution in [0.2, 0.25) is 0 Å². The van der Waals surface area contributed by atoms with Crippen molar-refractivity contribution in [2.45, 2.75) is 26.4 Å². The minimum absolute atomic E-state index is 0.0766. The Kier molecular flexibility index (Phi) is 3.82. The van der Waals surface area contributed by atoms with E-state index in [9.17, 15) is 18.7 Å². The second-order valence-electron chi connectivity index (χ2n) is 3.60. The number of aldehydes is 1. The SMILES string of the molecule is CC(C)c1cc(OC(F)F)cc(O)c1C=O. The third-order valence-corrected chi connectivity index (χ3v) is 2.13. The summed E-state index contributed by atoms with van der Waals surface area (Å²) >= 11 is 0. The lowest BCUT2D eigenvalue weighted by molar-refractivity contribution is -0.0499. The van der Waals surface area contributed by atoms with Crippen molar-refractivity contribution in [3.63, 3.8) is 0 Å². The Hall–Kier alpha value is -1.65. The quantitative estimate of drug-likeness (QED) is 0.809. The summed E-state index contributed by atoms with van der Waals surface area (Å²) in [5.41, 5.74) is 0.585. The van der Waals surface area contributed by atoms with Crippen LogP contribution in [0.15, 0.2) is 12.1 Å². The number of aromatic hydroxyl groups is 1. The van der Waals surface area contributed by atoms with Crippen molar-refractivity contribution in [2.24, 2.45) is 0 Å². The van der Waals surface area contributed by atoms with Crippen LogP contribution in [0.5, 0.6) is 11.5 Å². The first-order valence-electron chi connectivity index (χ1n) is 4.72. The molecule has 0 bridgehead atoms. The Bertz CT molecular complexity index is 389. The van der Waals surface area contributed by atoms with Gasteiger partial charge < -0.3 is 9.84 Å². The van der Waals surface area contributed by atoms with Gasteiger partial charge in [-0.05, 0) is 17.5 Å². The average molecular weight is 230 g/mol. The molecule has 1 aromatic carbocycles. The Morgan fingerprint density at radius 1 is 1.38 bits per heavy atom. The number of alkyl halides is 2. The van der Waals surface area contributed by atoms with E-state index >= 15 is 0 Å². The molecule has 0 aliphatic rings. The van der Waals surface area contributed by atoms with E-state index in [0.29, 0.717) is 11.8 Å². The molecule has 0 fully saturated rings. The molecule has 16 heavy (non-hydrogen) atoms. The Morgan fingerprint density at radius 3 is 2.44 bits per heavy atom. The molecule has 0 radical (unpaired) electrons. The van der Waals surface area contributed by atoms with E-state index in [1.807, 2.05) is 0 Å². The molecule has 0 saturated carbocycles. The maximum atomic E-state index is 12.0. The maximum Gasteiger partial charge on any atom is 0.387 e. The van der Waals surface area contributed by atoms with Gasteiger partial charge in [-0.3, -0.25) is 4.79 Å². The first kappa shape index (κ1) is 12.4. The smallest absolute Gasteiger partial charge is 0.387 e. The highest BCUT2D eigenvalue weighted by atomic mass is 19.3. The van der Waals surface area contributed by atoms with Crippen LogP contribution in [0.25, 0.3) is 0 Å². The molecule has 1 rings (SSSR count). The van der Waals surface area contributed by atoms with Crippen LogP contribution in [-0.4, -0.2) is 18.0 Å². The van der Waals surface area contributed by atoms with Crippen LogP contribution < -0.4 is 4.74 Å². The summed E-state index contributed by atoms with van der Waals surface area (Å²) in [6, 6.07) is 2.34. The second-order valence-corrected chi connectivity index (χ2v) is 3.60. The zero-order valence-corrected chi connectivity index (χ0v) is 8.91. The Labute approximate surface area is 91.7 Å². The summed E-state index contributed by atoms with van der Waals surface area (Å²) < 4.78 is 28.2. The summed E-state index contributed by atoms with van der Waals surface area (Å²) in [5.74, 6) is -0.578. The lowest BCUT2D eigenvalue weighted by atomic mass is 9.97. The van der Waals surface area contributed by atoms with E-state index in [1.54, 1.807) is 13.8 Å². The summed E-state index contributed by atoms with van der Waals surface area (Å²) in [6.45, 7) is 0.614. The highest BCUT2D eigenvalue weighted by Crippen LogP contribution is 2.31. The number of hydrogen-bond acceptors (Lipinski definition) is 3. The molecule has 1 N–H and O–H groups in total. The molecule has 0 unspecified atom stereocenters. The molecule has 0 heterocycles.